The lowest BCUT2D eigenvalue weighted by Crippen LogP contribution is -2.17. The summed E-state index contributed by atoms with van der Waals surface area (Å²) in [5, 5.41) is 10.8. The van der Waals surface area contributed by atoms with Crippen molar-refractivity contribution >= 4 is 33.3 Å². The minimum atomic E-state index is -3.40. The van der Waals surface area contributed by atoms with E-state index in [4.69, 9.17) is 4.74 Å². The first-order chi connectivity index (χ1) is 12.4. The average molecular weight is 378 g/mol. The molecule has 0 spiro atoms. The van der Waals surface area contributed by atoms with Crippen LogP contribution in [-0.2, 0) is 14.8 Å². The summed E-state index contributed by atoms with van der Waals surface area (Å²) in [5.41, 5.74) is 1.17. The minimum absolute atomic E-state index is 0.0536. The summed E-state index contributed by atoms with van der Waals surface area (Å²) in [5.74, 6) is 0.297. The van der Waals surface area contributed by atoms with Crippen molar-refractivity contribution in [3.63, 3.8) is 0 Å². The number of hydrogen-bond donors (Lipinski definition) is 2. The number of carbonyl (C=O) groups excluding carboxylic acids is 1. The van der Waals surface area contributed by atoms with Crippen LogP contribution >= 0.6 is 0 Å². The number of sulfonamides is 1. The molecule has 0 fully saturated rings. The molecule has 140 valence electrons. The highest BCUT2D eigenvalue weighted by Gasteiger charge is 2.11. The number of ether oxygens (including phenoxy) is 1. The molecule has 2 N–H and O–H groups in total. The van der Waals surface area contributed by atoms with Gasteiger partial charge in [0.05, 0.1) is 17.9 Å². The molecule has 0 aliphatic heterocycles. The molecule has 1 aromatic heterocycles. The van der Waals surface area contributed by atoms with Crippen molar-refractivity contribution in [3.05, 3.63) is 42.0 Å². The van der Waals surface area contributed by atoms with Crippen LogP contribution in [0.2, 0.25) is 0 Å². The summed E-state index contributed by atoms with van der Waals surface area (Å²) < 4.78 is 31.0. The number of esters is 1. The fourth-order valence-electron chi connectivity index (χ4n) is 2.05. The molecule has 0 atom stereocenters. The molecule has 0 saturated heterocycles. The summed E-state index contributed by atoms with van der Waals surface area (Å²) in [6.07, 6.45) is 1.38. The first-order valence-electron chi connectivity index (χ1n) is 8.32. The average Bonchev–Trinajstić information content (AvgIpc) is 2.62. The van der Waals surface area contributed by atoms with Gasteiger partial charge in [0.15, 0.2) is 11.6 Å². The van der Waals surface area contributed by atoms with Crippen LogP contribution in [0.3, 0.4) is 0 Å². The maximum absolute atomic E-state index is 11.8. The highest BCUT2D eigenvalue weighted by Crippen LogP contribution is 2.16. The van der Waals surface area contributed by atoms with Crippen molar-refractivity contribution in [3.8, 4) is 0 Å². The van der Waals surface area contributed by atoms with Crippen molar-refractivity contribution in [2.75, 3.05) is 22.4 Å². The Hall–Kier alpha value is -2.68. The van der Waals surface area contributed by atoms with E-state index in [1.165, 1.54) is 6.07 Å². The number of hydrogen-bond acceptors (Lipinski definition) is 7. The van der Waals surface area contributed by atoms with Gasteiger partial charge in [-0.05, 0) is 49.7 Å². The van der Waals surface area contributed by atoms with Crippen LogP contribution in [0.1, 0.15) is 37.0 Å². The van der Waals surface area contributed by atoms with Gasteiger partial charge < -0.3 is 10.1 Å². The number of nitrogens with zero attached hydrogens (tertiary/aromatic N) is 2. The third-order valence-electron chi connectivity index (χ3n) is 3.36. The topological polar surface area (TPSA) is 110 Å². The standard InChI is InChI=1S/C17H22N4O4S/c1-3-5-12-26(23,24)21-16-11-10-15(19-20-16)18-14-8-6-13(7-9-14)17(22)25-4-2/h6-11H,3-5,12H2,1-2H3,(H,18,19)(H,20,21). The molecular formula is C17H22N4O4S. The van der Waals surface area contributed by atoms with Gasteiger partial charge in [-0.3, -0.25) is 4.72 Å². The van der Waals surface area contributed by atoms with Gasteiger partial charge in [-0.25, -0.2) is 13.2 Å². The quantitative estimate of drug-likeness (QED) is 0.645. The minimum Gasteiger partial charge on any atom is -0.462 e. The van der Waals surface area contributed by atoms with E-state index >= 15 is 0 Å². The van der Waals surface area contributed by atoms with Gasteiger partial charge in [0.2, 0.25) is 10.0 Å². The van der Waals surface area contributed by atoms with E-state index in [1.807, 2.05) is 6.92 Å². The summed E-state index contributed by atoms with van der Waals surface area (Å²) in [4.78, 5) is 11.6. The fourth-order valence-corrected chi connectivity index (χ4v) is 3.25. The molecule has 0 aliphatic carbocycles. The summed E-state index contributed by atoms with van der Waals surface area (Å²) >= 11 is 0. The Labute approximate surface area is 153 Å². The van der Waals surface area contributed by atoms with Crippen molar-refractivity contribution in [1.82, 2.24) is 10.2 Å². The molecule has 9 heteroatoms. The molecule has 0 saturated carbocycles. The molecule has 8 nitrogen and oxygen atoms in total. The van der Waals surface area contributed by atoms with E-state index < -0.39 is 10.0 Å². The molecule has 0 aliphatic rings. The Morgan fingerprint density at radius 3 is 2.27 bits per heavy atom. The van der Waals surface area contributed by atoms with Crippen LogP contribution in [0.25, 0.3) is 0 Å². The zero-order valence-corrected chi connectivity index (χ0v) is 15.5. The Bertz CT molecular complexity index is 821. The maximum Gasteiger partial charge on any atom is 0.338 e. The Kier molecular flexibility index (Phi) is 6.90. The van der Waals surface area contributed by atoms with Crippen molar-refractivity contribution in [2.45, 2.75) is 26.7 Å². The molecule has 1 heterocycles. The second-order valence-corrected chi connectivity index (χ2v) is 7.34. The first-order valence-corrected chi connectivity index (χ1v) is 9.97. The lowest BCUT2D eigenvalue weighted by molar-refractivity contribution is 0.0526. The number of unbranched alkanes of at least 4 members (excludes halogenated alkanes) is 1. The van der Waals surface area contributed by atoms with Gasteiger partial charge in [-0.1, -0.05) is 13.3 Å². The number of carbonyl (C=O) groups is 1. The van der Waals surface area contributed by atoms with Gasteiger partial charge in [0, 0.05) is 5.69 Å². The van der Waals surface area contributed by atoms with Crippen LogP contribution in [-0.4, -0.2) is 36.9 Å². The van der Waals surface area contributed by atoms with Crippen LogP contribution in [0.15, 0.2) is 36.4 Å². The molecule has 26 heavy (non-hydrogen) atoms. The van der Waals surface area contributed by atoms with Gasteiger partial charge in [0.1, 0.15) is 0 Å². The van der Waals surface area contributed by atoms with Crippen LogP contribution in [0, 0.1) is 0 Å². The number of rotatable bonds is 9. The highest BCUT2D eigenvalue weighted by atomic mass is 32.2. The van der Waals surface area contributed by atoms with E-state index in [-0.39, 0.29) is 17.5 Å². The third-order valence-corrected chi connectivity index (χ3v) is 4.71. The van der Waals surface area contributed by atoms with Gasteiger partial charge >= 0.3 is 5.97 Å². The van der Waals surface area contributed by atoms with E-state index in [1.54, 1.807) is 37.3 Å². The molecule has 0 bridgehead atoms. The molecule has 2 rings (SSSR count). The largest absolute Gasteiger partial charge is 0.462 e. The first kappa shape index (κ1) is 19.6. The normalized spacial score (nSPS) is 11.0. The van der Waals surface area contributed by atoms with Gasteiger partial charge in [0.25, 0.3) is 0 Å². The molecule has 2 aromatic rings. The summed E-state index contributed by atoms with van der Waals surface area (Å²) in [6.45, 7) is 4.00. The second-order valence-electron chi connectivity index (χ2n) is 5.50. The number of aromatic nitrogens is 2. The Morgan fingerprint density at radius 2 is 1.69 bits per heavy atom. The van der Waals surface area contributed by atoms with Crippen LogP contribution in [0.5, 0.6) is 0 Å². The van der Waals surface area contributed by atoms with E-state index in [0.29, 0.717) is 30.1 Å². The zero-order valence-electron chi connectivity index (χ0n) is 14.7. The third kappa shape index (κ3) is 5.99. The monoisotopic (exact) mass is 378 g/mol. The Morgan fingerprint density at radius 1 is 1.04 bits per heavy atom. The maximum atomic E-state index is 11.8. The Balaban J connectivity index is 1.97. The fraction of sp³-hybridized carbons (Fsp3) is 0.353. The zero-order chi connectivity index (χ0) is 19.0. The lowest BCUT2D eigenvalue weighted by atomic mass is 10.2. The summed E-state index contributed by atoms with van der Waals surface area (Å²) in [6, 6.07) is 9.87. The van der Waals surface area contributed by atoms with E-state index in [0.717, 1.165) is 6.42 Å². The summed E-state index contributed by atoms with van der Waals surface area (Å²) in [7, 11) is -3.40. The smallest absolute Gasteiger partial charge is 0.338 e. The van der Waals surface area contributed by atoms with E-state index in [2.05, 4.69) is 20.2 Å². The van der Waals surface area contributed by atoms with Crippen LogP contribution < -0.4 is 10.0 Å². The SMILES string of the molecule is CCCCS(=O)(=O)Nc1ccc(Nc2ccc(C(=O)OCC)cc2)nn1. The van der Waals surface area contributed by atoms with Gasteiger partial charge in [-0.15, -0.1) is 10.2 Å². The molecule has 0 amide bonds. The molecular weight excluding hydrogens is 356 g/mol. The number of benzene rings is 1. The van der Waals surface area contributed by atoms with Crippen molar-refractivity contribution < 1.29 is 17.9 Å². The second kappa shape index (κ2) is 9.14. The predicted molar refractivity (Wildman–Crippen MR) is 100 cm³/mol. The highest BCUT2D eigenvalue weighted by molar-refractivity contribution is 7.92. The number of anilines is 3. The lowest BCUT2D eigenvalue weighted by Gasteiger charge is -2.08. The van der Waals surface area contributed by atoms with Crippen molar-refractivity contribution in [2.24, 2.45) is 0 Å². The van der Waals surface area contributed by atoms with Gasteiger partial charge in [-0.2, -0.15) is 0 Å². The number of nitrogens with one attached hydrogen (secondary N) is 2. The molecule has 0 radical (unpaired) electrons. The molecule has 0 unspecified atom stereocenters. The predicted octanol–water partition coefficient (Wildman–Crippen LogP) is 2.94. The molecule has 1 aromatic carbocycles. The van der Waals surface area contributed by atoms with E-state index in [9.17, 15) is 13.2 Å². The van der Waals surface area contributed by atoms with Crippen LogP contribution in [0.4, 0.5) is 17.3 Å². The van der Waals surface area contributed by atoms with Crippen molar-refractivity contribution in [1.29, 1.82) is 0 Å².